The summed E-state index contributed by atoms with van der Waals surface area (Å²) in [6, 6.07) is 6.48. The van der Waals surface area contributed by atoms with E-state index in [0.717, 1.165) is 5.56 Å². The minimum absolute atomic E-state index is 0.461. The van der Waals surface area contributed by atoms with Crippen LogP contribution in [-0.4, -0.2) is 70.8 Å². The molecule has 1 unspecified atom stereocenters. The molecule has 1 aromatic heterocycles. The highest BCUT2D eigenvalue weighted by Crippen LogP contribution is 2.19. The number of halogens is 4. The molecule has 1 aromatic carbocycles. The summed E-state index contributed by atoms with van der Waals surface area (Å²) in [5.41, 5.74) is 0.799. The maximum Gasteiger partial charge on any atom is 0.405 e. The molecular weight excluding hydrogens is 411 g/mol. The monoisotopic (exact) mass is 431 g/mol. The molecule has 1 fully saturated rings. The molecule has 1 saturated heterocycles. The summed E-state index contributed by atoms with van der Waals surface area (Å²) >= 11 is 5.87. The van der Waals surface area contributed by atoms with E-state index in [1.165, 1.54) is 0 Å². The molecule has 1 atom stereocenters. The number of hydrogen-bond donors (Lipinski definition) is 1. The van der Waals surface area contributed by atoms with Crippen LogP contribution >= 0.6 is 11.6 Å². The van der Waals surface area contributed by atoms with E-state index in [1.807, 2.05) is 10.2 Å². The first-order valence-corrected chi connectivity index (χ1v) is 9.48. The fourth-order valence-electron chi connectivity index (χ4n) is 3.04. The summed E-state index contributed by atoms with van der Waals surface area (Å²) in [6.07, 6.45) is -4.41. The molecule has 7 nitrogen and oxygen atoms in total. The highest BCUT2D eigenvalue weighted by atomic mass is 35.5. The maximum atomic E-state index is 12.2. The number of nitrogens with zero attached hydrogens (tertiary/aromatic N) is 4. The first-order chi connectivity index (χ1) is 13.7. The summed E-state index contributed by atoms with van der Waals surface area (Å²) in [6.45, 7) is 3.13. The summed E-state index contributed by atoms with van der Waals surface area (Å²) in [7, 11) is 0. The maximum absolute atomic E-state index is 12.2. The first kappa shape index (κ1) is 21.5. The molecule has 0 saturated carbocycles. The van der Waals surface area contributed by atoms with Crippen molar-refractivity contribution in [1.82, 2.24) is 25.3 Å². The molecule has 1 aliphatic rings. The van der Waals surface area contributed by atoms with Crippen molar-refractivity contribution in [2.75, 3.05) is 32.7 Å². The Bertz CT molecular complexity index is 820. The predicted molar refractivity (Wildman–Crippen MR) is 100 cm³/mol. The average molecular weight is 432 g/mol. The quantitative estimate of drug-likeness (QED) is 0.757. The van der Waals surface area contributed by atoms with Gasteiger partial charge in [0.15, 0.2) is 0 Å². The van der Waals surface area contributed by atoms with Gasteiger partial charge in [0.1, 0.15) is 6.54 Å². The highest BCUT2D eigenvalue weighted by molar-refractivity contribution is 6.30. The van der Waals surface area contributed by atoms with Crippen LogP contribution in [0.1, 0.15) is 12.8 Å². The summed E-state index contributed by atoms with van der Waals surface area (Å²) < 4.78 is 42.0. The van der Waals surface area contributed by atoms with Crippen molar-refractivity contribution in [2.24, 2.45) is 0 Å². The topological polar surface area (TPSA) is 74.5 Å². The van der Waals surface area contributed by atoms with E-state index in [0.29, 0.717) is 49.5 Å². The van der Waals surface area contributed by atoms with Crippen molar-refractivity contribution >= 4 is 17.5 Å². The smallest absolute Gasteiger partial charge is 0.346 e. The summed E-state index contributed by atoms with van der Waals surface area (Å²) in [5, 5.41) is 6.53. The largest absolute Gasteiger partial charge is 0.405 e. The van der Waals surface area contributed by atoms with Gasteiger partial charge in [0.05, 0.1) is 12.6 Å². The summed E-state index contributed by atoms with van der Waals surface area (Å²) in [5.74, 6) is 0.324. The third-order valence-electron chi connectivity index (χ3n) is 4.73. The third kappa shape index (κ3) is 6.15. The molecule has 2 aromatic rings. The van der Waals surface area contributed by atoms with Crippen LogP contribution in [0, 0.1) is 0 Å². The van der Waals surface area contributed by atoms with E-state index in [-0.39, 0.29) is 0 Å². The molecular formula is C18H21ClF3N5O2. The normalized spacial score (nSPS) is 17.3. The lowest BCUT2D eigenvalue weighted by Crippen LogP contribution is -2.54. The fraction of sp³-hybridized carbons (Fsp3) is 0.500. The van der Waals surface area contributed by atoms with Crippen molar-refractivity contribution in [1.29, 1.82) is 0 Å². The molecule has 11 heteroatoms. The number of carbonyl (C=O) groups excluding carboxylic acids is 1. The number of hydrogen-bond acceptors (Lipinski definition) is 6. The highest BCUT2D eigenvalue weighted by Gasteiger charge is 2.31. The van der Waals surface area contributed by atoms with Crippen LogP contribution in [0.25, 0.3) is 11.4 Å². The fourth-order valence-corrected chi connectivity index (χ4v) is 3.16. The lowest BCUT2D eigenvalue weighted by atomic mass is 10.2. The minimum Gasteiger partial charge on any atom is -0.346 e. The Morgan fingerprint density at radius 2 is 1.90 bits per heavy atom. The van der Waals surface area contributed by atoms with Crippen LogP contribution in [-0.2, 0) is 11.3 Å². The lowest BCUT2D eigenvalue weighted by molar-refractivity contribution is -0.141. The number of alkyl halides is 3. The molecule has 0 radical (unpaired) electrons. The zero-order valence-corrected chi connectivity index (χ0v) is 16.5. The first-order valence-electron chi connectivity index (χ1n) is 9.10. The number of carbonyl (C=O) groups is 1. The molecule has 158 valence electrons. The van der Waals surface area contributed by atoms with Crippen LogP contribution in [0.3, 0.4) is 0 Å². The van der Waals surface area contributed by atoms with E-state index < -0.39 is 24.7 Å². The van der Waals surface area contributed by atoms with Crippen LogP contribution in [0.4, 0.5) is 13.2 Å². The molecule has 3 rings (SSSR count). The van der Waals surface area contributed by atoms with Gasteiger partial charge in [-0.25, -0.2) is 0 Å². The number of rotatable bonds is 6. The van der Waals surface area contributed by atoms with E-state index in [4.69, 9.17) is 16.1 Å². The van der Waals surface area contributed by atoms with E-state index >= 15 is 0 Å². The van der Waals surface area contributed by atoms with Crippen LogP contribution in [0.2, 0.25) is 5.02 Å². The predicted octanol–water partition coefficient (Wildman–Crippen LogP) is 2.57. The molecule has 29 heavy (non-hydrogen) atoms. The van der Waals surface area contributed by atoms with E-state index in [1.54, 1.807) is 31.2 Å². The zero-order valence-electron chi connectivity index (χ0n) is 15.7. The number of nitrogens with one attached hydrogen (secondary N) is 1. The van der Waals surface area contributed by atoms with Crippen molar-refractivity contribution in [3.8, 4) is 11.4 Å². The number of amides is 1. The van der Waals surface area contributed by atoms with Gasteiger partial charge in [-0.15, -0.1) is 0 Å². The zero-order chi connectivity index (χ0) is 21.0. The van der Waals surface area contributed by atoms with Gasteiger partial charge in [0, 0.05) is 36.8 Å². The Morgan fingerprint density at radius 1 is 1.24 bits per heavy atom. The third-order valence-corrected chi connectivity index (χ3v) is 4.98. The summed E-state index contributed by atoms with van der Waals surface area (Å²) in [4.78, 5) is 20.2. The Kier molecular flexibility index (Phi) is 6.76. The van der Waals surface area contributed by atoms with Crippen molar-refractivity contribution in [3.63, 3.8) is 0 Å². The molecule has 1 N–H and O–H groups in total. The van der Waals surface area contributed by atoms with Gasteiger partial charge < -0.3 is 9.84 Å². The van der Waals surface area contributed by atoms with Gasteiger partial charge >= 0.3 is 6.18 Å². The number of piperazine rings is 1. The van der Waals surface area contributed by atoms with Crippen molar-refractivity contribution in [2.45, 2.75) is 25.7 Å². The number of aromatic nitrogens is 2. The number of benzene rings is 1. The van der Waals surface area contributed by atoms with E-state index in [2.05, 4.69) is 15.0 Å². The van der Waals surface area contributed by atoms with E-state index in [9.17, 15) is 18.0 Å². The average Bonchev–Trinajstić information content (AvgIpc) is 3.14. The van der Waals surface area contributed by atoms with Gasteiger partial charge in [-0.3, -0.25) is 14.6 Å². The van der Waals surface area contributed by atoms with Crippen LogP contribution in [0.15, 0.2) is 28.8 Å². The second kappa shape index (κ2) is 9.10. The van der Waals surface area contributed by atoms with Crippen molar-refractivity contribution in [3.05, 3.63) is 35.2 Å². The van der Waals surface area contributed by atoms with Gasteiger partial charge in [-0.2, -0.15) is 18.2 Å². The lowest BCUT2D eigenvalue weighted by Gasteiger charge is -2.36. The molecule has 0 aliphatic carbocycles. The van der Waals surface area contributed by atoms with Gasteiger partial charge in [-0.05, 0) is 31.2 Å². The SMILES string of the molecule is CC(C(=O)NCC(F)(F)F)N1CCN(Cc2nc(-c3ccc(Cl)cc3)no2)CC1. The Balaban J connectivity index is 1.47. The standard InChI is InChI=1S/C18H21ClF3N5O2/c1-12(17(28)23-11-18(20,21)22)27-8-6-26(7-9-27)10-15-24-16(25-29-15)13-2-4-14(19)5-3-13/h2-5,12H,6-11H2,1H3,(H,23,28). The van der Waals surface area contributed by atoms with Crippen LogP contribution < -0.4 is 5.32 Å². The Labute approximate surface area is 170 Å². The Hall–Kier alpha value is -2.17. The molecule has 2 heterocycles. The molecule has 1 aliphatic heterocycles. The molecule has 1 amide bonds. The minimum atomic E-state index is -4.41. The second-order valence-corrected chi connectivity index (χ2v) is 7.28. The Morgan fingerprint density at radius 3 is 2.52 bits per heavy atom. The van der Waals surface area contributed by atoms with Crippen LogP contribution in [0.5, 0.6) is 0 Å². The van der Waals surface area contributed by atoms with Gasteiger partial charge in [0.2, 0.25) is 17.6 Å². The second-order valence-electron chi connectivity index (χ2n) is 6.84. The van der Waals surface area contributed by atoms with Gasteiger partial charge in [-0.1, -0.05) is 16.8 Å². The van der Waals surface area contributed by atoms with Gasteiger partial charge in [0.25, 0.3) is 0 Å². The molecule has 0 bridgehead atoms. The molecule has 0 spiro atoms. The van der Waals surface area contributed by atoms with Crippen molar-refractivity contribution < 1.29 is 22.5 Å².